The second kappa shape index (κ2) is 8.21. The Morgan fingerprint density at radius 1 is 1.21 bits per heavy atom. The van der Waals surface area contributed by atoms with Crippen LogP contribution in [0.2, 0.25) is 0 Å². The van der Waals surface area contributed by atoms with Crippen molar-refractivity contribution in [2.75, 3.05) is 32.8 Å². The Hall–Kier alpha value is -0.120. The van der Waals surface area contributed by atoms with Crippen LogP contribution in [0.1, 0.15) is 27.7 Å². The molecule has 2 N–H and O–H groups in total. The Labute approximate surface area is 88.6 Å². The Morgan fingerprint density at radius 2 is 1.79 bits per heavy atom. The zero-order chi connectivity index (χ0) is 11.0. The van der Waals surface area contributed by atoms with Gasteiger partial charge in [-0.25, -0.2) is 0 Å². The van der Waals surface area contributed by atoms with Crippen molar-refractivity contribution in [3.8, 4) is 0 Å². The Kier molecular flexibility index (Phi) is 8.14. The van der Waals surface area contributed by atoms with E-state index < -0.39 is 0 Å². The fourth-order valence-corrected chi connectivity index (χ4v) is 1.41. The zero-order valence-electron chi connectivity index (χ0n) is 10.1. The SMILES string of the molecule is CCN(CC)CCOC(CN)C(C)C. The number of hydrogen-bond donors (Lipinski definition) is 1. The summed E-state index contributed by atoms with van der Waals surface area (Å²) in [6.07, 6.45) is 0.213. The molecule has 14 heavy (non-hydrogen) atoms. The first kappa shape index (κ1) is 13.9. The van der Waals surface area contributed by atoms with Crippen LogP contribution in [-0.2, 0) is 4.74 Å². The standard InChI is InChI=1S/C11H26N2O/c1-5-13(6-2)7-8-14-11(9-12)10(3)4/h10-11H,5-9,12H2,1-4H3. The van der Waals surface area contributed by atoms with E-state index in [9.17, 15) is 0 Å². The van der Waals surface area contributed by atoms with Crippen LogP contribution in [0.15, 0.2) is 0 Å². The third-order valence-corrected chi connectivity index (χ3v) is 2.61. The van der Waals surface area contributed by atoms with E-state index in [-0.39, 0.29) is 6.10 Å². The Bertz CT molecular complexity index is 124. The summed E-state index contributed by atoms with van der Waals surface area (Å²) in [5, 5.41) is 0. The highest BCUT2D eigenvalue weighted by Crippen LogP contribution is 2.04. The van der Waals surface area contributed by atoms with Gasteiger partial charge < -0.3 is 15.4 Å². The maximum absolute atomic E-state index is 5.72. The molecule has 0 aliphatic heterocycles. The van der Waals surface area contributed by atoms with Crippen LogP contribution in [0.5, 0.6) is 0 Å². The van der Waals surface area contributed by atoms with E-state index in [4.69, 9.17) is 10.5 Å². The minimum absolute atomic E-state index is 0.213. The molecule has 0 rings (SSSR count). The first-order chi connectivity index (χ1) is 6.65. The lowest BCUT2D eigenvalue weighted by Crippen LogP contribution is -2.33. The summed E-state index contributed by atoms with van der Waals surface area (Å²) in [4.78, 5) is 2.36. The summed E-state index contributed by atoms with van der Waals surface area (Å²) in [5.74, 6) is 0.511. The molecule has 3 heteroatoms. The van der Waals surface area contributed by atoms with Gasteiger partial charge in [-0.05, 0) is 19.0 Å². The number of nitrogens with zero attached hydrogens (tertiary/aromatic N) is 1. The predicted octanol–water partition coefficient (Wildman–Crippen LogP) is 1.33. The largest absolute Gasteiger partial charge is 0.375 e. The van der Waals surface area contributed by atoms with Gasteiger partial charge in [-0.15, -0.1) is 0 Å². The van der Waals surface area contributed by atoms with Crippen LogP contribution >= 0.6 is 0 Å². The summed E-state index contributed by atoms with van der Waals surface area (Å²) in [6, 6.07) is 0. The van der Waals surface area contributed by atoms with Crippen molar-refractivity contribution >= 4 is 0 Å². The van der Waals surface area contributed by atoms with E-state index in [2.05, 4.69) is 32.6 Å². The maximum Gasteiger partial charge on any atom is 0.0720 e. The molecule has 0 spiro atoms. The molecular formula is C11H26N2O. The Balaban J connectivity index is 3.59. The monoisotopic (exact) mass is 202 g/mol. The van der Waals surface area contributed by atoms with Crippen molar-refractivity contribution in [3.05, 3.63) is 0 Å². The van der Waals surface area contributed by atoms with E-state index in [0.29, 0.717) is 12.5 Å². The molecule has 0 aromatic rings. The molecule has 0 heterocycles. The molecule has 0 saturated carbocycles. The van der Waals surface area contributed by atoms with E-state index in [0.717, 1.165) is 26.2 Å². The van der Waals surface area contributed by atoms with E-state index >= 15 is 0 Å². The summed E-state index contributed by atoms with van der Waals surface area (Å²) < 4.78 is 5.72. The highest BCUT2D eigenvalue weighted by Gasteiger charge is 2.11. The third-order valence-electron chi connectivity index (χ3n) is 2.61. The Morgan fingerprint density at radius 3 is 2.14 bits per heavy atom. The van der Waals surface area contributed by atoms with Crippen molar-refractivity contribution in [1.82, 2.24) is 4.90 Å². The second-order valence-electron chi connectivity index (χ2n) is 3.92. The zero-order valence-corrected chi connectivity index (χ0v) is 10.1. The average molecular weight is 202 g/mol. The number of nitrogens with two attached hydrogens (primary N) is 1. The molecule has 0 radical (unpaired) electrons. The van der Waals surface area contributed by atoms with Gasteiger partial charge >= 0.3 is 0 Å². The summed E-state index contributed by atoms with van der Waals surface area (Å²) in [6.45, 7) is 13.3. The summed E-state index contributed by atoms with van der Waals surface area (Å²) >= 11 is 0. The van der Waals surface area contributed by atoms with Gasteiger partial charge in [0.25, 0.3) is 0 Å². The predicted molar refractivity (Wildman–Crippen MR) is 61.4 cm³/mol. The van der Waals surface area contributed by atoms with Gasteiger partial charge in [-0.1, -0.05) is 27.7 Å². The number of likely N-dealkylation sites (N-methyl/N-ethyl adjacent to an activating group) is 1. The molecule has 0 aromatic carbocycles. The van der Waals surface area contributed by atoms with Crippen LogP contribution in [0.3, 0.4) is 0 Å². The van der Waals surface area contributed by atoms with E-state index in [1.165, 1.54) is 0 Å². The van der Waals surface area contributed by atoms with Crippen molar-refractivity contribution in [2.45, 2.75) is 33.8 Å². The number of hydrogen-bond acceptors (Lipinski definition) is 3. The lowest BCUT2D eigenvalue weighted by Gasteiger charge is -2.23. The molecular weight excluding hydrogens is 176 g/mol. The van der Waals surface area contributed by atoms with E-state index in [1.807, 2.05) is 0 Å². The van der Waals surface area contributed by atoms with Crippen LogP contribution in [-0.4, -0.2) is 43.8 Å². The molecule has 0 amide bonds. The molecule has 1 unspecified atom stereocenters. The fraction of sp³-hybridized carbons (Fsp3) is 1.00. The minimum Gasteiger partial charge on any atom is -0.375 e. The quantitative estimate of drug-likeness (QED) is 0.645. The third kappa shape index (κ3) is 5.58. The first-order valence-corrected chi connectivity index (χ1v) is 5.69. The smallest absolute Gasteiger partial charge is 0.0720 e. The molecule has 86 valence electrons. The van der Waals surface area contributed by atoms with E-state index in [1.54, 1.807) is 0 Å². The van der Waals surface area contributed by atoms with Crippen molar-refractivity contribution < 1.29 is 4.74 Å². The molecule has 0 aliphatic carbocycles. The average Bonchev–Trinajstić information content (AvgIpc) is 2.18. The minimum atomic E-state index is 0.213. The van der Waals surface area contributed by atoms with Crippen LogP contribution in [0.25, 0.3) is 0 Å². The lowest BCUT2D eigenvalue weighted by atomic mass is 10.1. The van der Waals surface area contributed by atoms with Gasteiger partial charge in [-0.2, -0.15) is 0 Å². The number of rotatable bonds is 8. The highest BCUT2D eigenvalue weighted by atomic mass is 16.5. The first-order valence-electron chi connectivity index (χ1n) is 5.69. The lowest BCUT2D eigenvalue weighted by molar-refractivity contribution is 0.0173. The highest BCUT2D eigenvalue weighted by molar-refractivity contribution is 4.63. The van der Waals surface area contributed by atoms with Crippen LogP contribution in [0, 0.1) is 5.92 Å². The summed E-state index contributed by atoms with van der Waals surface area (Å²) in [7, 11) is 0. The van der Waals surface area contributed by atoms with Crippen molar-refractivity contribution in [3.63, 3.8) is 0 Å². The normalized spacial score (nSPS) is 13.9. The molecule has 0 aromatic heterocycles. The van der Waals surface area contributed by atoms with Gasteiger partial charge in [0.15, 0.2) is 0 Å². The topological polar surface area (TPSA) is 38.5 Å². The molecule has 3 nitrogen and oxygen atoms in total. The summed E-state index contributed by atoms with van der Waals surface area (Å²) in [5.41, 5.74) is 5.62. The van der Waals surface area contributed by atoms with Gasteiger partial charge in [-0.3, -0.25) is 0 Å². The van der Waals surface area contributed by atoms with Crippen LogP contribution in [0.4, 0.5) is 0 Å². The fourth-order valence-electron chi connectivity index (χ4n) is 1.41. The van der Waals surface area contributed by atoms with Gasteiger partial charge in [0.2, 0.25) is 0 Å². The van der Waals surface area contributed by atoms with Gasteiger partial charge in [0, 0.05) is 13.1 Å². The van der Waals surface area contributed by atoms with Crippen molar-refractivity contribution in [2.24, 2.45) is 11.7 Å². The molecule has 0 saturated heterocycles. The van der Waals surface area contributed by atoms with Gasteiger partial charge in [0.1, 0.15) is 0 Å². The molecule has 0 aliphatic rings. The number of ether oxygens (including phenoxy) is 1. The van der Waals surface area contributed by atoms with Gasteiger partial charge in [0.05, 0.1) is 12.7 Å². The molecule has 0 bridgehead atoms. The second-order valence-corrected chi connectivity index (χ2v) is 3.92. The molecule has 0 fully saturated rings. The van der Waals surface area contributed by atoms with Crippen molar-refractivity contribution in [1.29, 1.82) is 0 Å². The maximum atomic E-state index is 5.72. The molecule has 1 atom stereocenters. The van der Waals surface area contributed by atoms with Crippen LogP contribution < -0.4 is 5.73 Å².